The third-order valence-electron chi connectivity index (χ3n) is 4.46. The quantitative estimate of drug-likeness (QED) is 0.622. The first-order chi connectivity index (χ1) is 12.3. The monoisotopic (exact) mass is 334 g/mol. The molecule has 1 aliphatic carbocycles. The highest BCUT2D eigenvalue weighted by Gasteiger charge is 2.28. The Hall–Kier alpha value is -3.09. The molecule has 3 heterocycles. The zero-order chi connectivity index (χ0) is 16.8. The Morgan fingerprint density at radius 2 is 2.04 bits per heavy atom. The second kappa shape index (κ2) is 5.47. The third-order valence-corrected chi connectivity index (χ3v) is 4.46. The summed E-state index contributed by atoms with van der Waals surface area (Å²) in [6, 6.07) is 10.5. The maximum atomic E-state index is 14.0. The minimum atomic E-state index is -0.252. The van der Waals surface area contributed by atoms with Crippen LogP contribution in [-0.4, -0.2) is 29.9 Å². The van der Waals surface area contributed by atoms with Crippen molar-refractivity contribution in [2.45, 2.75) is 25.3 Å². The summed E-state index contributed by atoms with van der Waals surface area (Å²) < 4.78 is 15.7. The Morgan fingerprint density at radius 1 is 1.16 bits per heavy atom. The minimum Gasteiger partial charge on any atom is -0.262 e. The largest absolute Gasteiger partial charge is 0.262 e. The van der Waals surface area contributed by atoms with Crippen molar-refractivity contribution < 1.29 is 4.39 Å². The molecule has 1 N–H and O–H groups in total. The van der Waals surface area contributed by atoms with Crippen molar-refractivity contribution in [1.29, 1.82) is 0 Å². The number of hydrogen-bond donors (Lipinski definition) is 1. The number of H-pyrrole nitrogens is 1. The standard InChI is InChI=1S/C18H15FN6/c19-14-6-2-1-4-12(14)10-25-18-13(5-3-9-20-18)15(24-25)17-21-16(22-23-17)11-7-8-11/h1-6,9,11H,7-8,10H2,(H,21,22,23). The second-order valence-corrected chi connectivity index (χ2v) is 6.29. The van der Waals surface area contributed by atoms with E-state index < -0.39 is 0 Å². The maximum absolute atomic E-state index is 14.0. The molecule has 7 heteroatoms. The van der Waals surface area contributed by atoms with E-state index in [-0.39, 0.29) is 5.82 Å². The lowest BCUT2D eigenvalue weighted by molar-refractivity contribution is 0.589. The van der Waals surface area contributed by atoms with Gasteiger partial charge in [0.1, 0.15) is 17.3 Å². The zero-order valence-corrected chi connectivity index (χ0v) is 13.4. The van der Waals surface area contributed by atoms with Crippen LogP contribution in [0.5, 0.6) is 0 Å². The van der Waals surface area contributed by atoms with Crippen molar-refractivity contribution in [3.63, 3.8) is 0 Å². The van der Waals surface area contributed by atoms with Crippen LogP contribution in [0.15, 0.2) is 42.6 Å². The van der Waals surface area contributed by atoms with E-state index >= 15 is 0 Å². The smallest absolute Gasteiger partial charge is 0.202 e. The highest BCUT2D eigenvalue weighted by atomic mass is 19.1. The van der Waals surface area contributed by atoms with E-state index in [1.807, 2.05) is 18.2 Å². The first-order valence-electron chi connectivity index (χ1n) is 8.27. The molecule has 1 aromatic carbocycles. The number of rotatable bonds is 4. The summed E-state index contributed by atoms with van der Waals surface area (Å²) in [4.78, 5) is 9.01. The Bertz CT molecular complexity index is 1060. The van der Waals surface area contributed by atoms with Crippen LogP contribution < -0.4 is 0 Å². The zero-order valence-electron chi connectivity index (χ0n) is 13.4. The van der Waals surface area contributed by atoms with E-state index in [2.05, 4.69) is 25.3 Å². The number of halogens is 1. The minimum absolute atomic E-state index is 0.252. The van der Waals surface area contributed by atoms with Crippen LogP contribution in [0.2, 0.25) is 0 Å². The van der Waals surface area contributed by atoms with Gasteiger partial charge in [-0.3, -0.25) is 5.10 Å². The van der Waals surface area contributed by atoms with Crippen LogP contribution in [0.4, 0.5) is 4.39 Å². The van der Waals surface area contributed by atoms with Gasteiger partial charge in [0.05, 0.1) is 11.9 Å². The van der Waals surface area contributed by atoms with Gasteiger partial charge in [0, 0.05) is 17.7 Å². The molecule has 5 rings (SSSR count). The average molecular weight is 334 g/mol. The summed E-state index contributed by atoms with van der Waals surface area (Å²) in [7, 11) is 0. The van der Waals surface area contributed by atoms with E-state index in [4.69, 9.17) is 0 Å². The summed E-state index contributed by atoms with van der Waals surface area (Å²) in [6.45, 7) is 0.306. The molecular weight excluding hydrogens is 319 g/mol. The highest BCUT2D eigenvalue weighted by molar-refractivity contribution is 5.89. The van der Waals surface area contributed by atoms with Gasteiger partial charge >= 0.3 is 0 Å². The lowest BCUT2D eigenvalue weighted by Crippen LogP contribution is -2.04. The molecule has 0 aliphatic heterocycles. The maximum Gasteiger partial charge on any atom is 0.202 e. The van der Waals surface area contributed by atoms with Gasteiger partial charge in [-0.25, -0.2) is 19.0 Å². The molecule has 1 aliphatic rings. The van der Waals surface area contributed by atoms with E-state index in [0.717, 1.165) is 24.1 Å². The molecule has 0 saturated heterocycles. The third kappa shape index (κ3) is 2.48. The van der Waals surface area contributed by atoms with Crippen LogP contribution in [0.25, 0.3) is 22.6 Å². The summed E-state index contributed by atoms with van der Waals surface area (Å²) in [6.07, 6.45) is 4.01. The molecule has 0 atom stereocenters. The predicted molar refractivity (Wildman–Crippen MR) is 90.4 cm³/mol. The first-order valence-corrected chi connectivity index (χ1v) is 8.27. The number of hydrogen-bond acceptors (Lipinski definition) is 4. The molecular formula is C18H15FN6. The molecule has 6 nitrogen and oxygen atoms in total. The van der Waals surface area contributed by atoms with Crippen molar-refractivity contribution in [1.82, 2.24) is 29.9 Å². The second-order valence-electron chi connectivity index (χ2n) is 6.29. The average Bonchev–Trinajstić information content (AvgIpc) is 3.26. The Labute approximate surface area is 142 Å². The molecule has 0 unspecified atom stereocenters. The number of benzene rings is 1. The van der Waals surface area contributed by atoms with Gasteiger partial charge in [0.15, 0.2) is 5.65 Å². The molecule has 1 fully saturated rings. The molecule has 0 spiro atoms. The fourth-order valence-electron chi connectivity index (χ4n) is 2.99. The van der Waals surface area contributed by atoms with Crippen LogP contribution in [-0.2, 0) is 6.54 Å². The number of nitrogens with one attached hydrogen (secondary N) is 1. The van der Waals surface area contributed by atoms with Gasteiger partial charge in [-0.2, -0.15) is 10.2 Å². The van der Waals surface area contributed by atoms with E-state index in [1.54, 1.807) is 23.0 Å². The van der Waals surface area contributed by atoms with Gasteiger partial charge in [0.25, 0.3) is 0 Å². The fraction of sp³-hybridized carbons (Fsp3) is 0.222. The summed E-state index contributed by atoms with van der Waals surface area (Å²) in [5, 5.41) is 12.8. The molecule has 124 valence electrons. The Morgan fingerprint density at radius 3 is 2.88 bits per heavy atom. The molecule has 3 aromatic heterocycles. The van der Waals surface area contributed by atoms with Crippen LogP contribution >= 0.6 is 0 Å². The van der Waals surface area contributed by atoms with Crippen molar-refractivity contribution in [3.05, 3.63) is 59.8 Å². The summed E-state index contributed by atoms with van der Waals surface area (Å²) >= 11 is 0. The van der Waals surface area contributed by atoms with E-state index in [9.17, 15) is 4.39 Å². The van der Waals surface area contributed by atoms with Gasteiger partial charge in [-0.05, 0) is 31.0 Å². The number of aromatic amines is 1. The first kappa shape index (κ1) is 14.3. The molecule has 1 saturated carbocycles. The number of pyridine rings is 1. The topological polar surface area (TPSA) is 72.3 Å². The molecule has 25 heavy (non-hydrogen) atoms. The molecule has 0 bridgehead atoms. The lowest BCUT2D eigenvalue weighted by atomic mass is 10.2. The van der Waals surface area contributed by atoms with Gasteiger partial charge in [-0.15, -0.1) is 0 Å². The predicted octanol–water partition coefficient (Wildman–Crippen LogP) is 3.28. The molecule has 0 amide bonds. The van der Waals surface area contributed by atoms with Crippen molar-refractivity contribution in [2.75, 3.05) is 0 Å². The van der Waals surface area contributed by atoms with Crippen molar-refractivity contribution in [2.24, 2.45) is 0 Å². The Kier molecular flexibility index (Phi) is 3.12. The van der Waals surface area contributed by atoms with Crippen LogP contribution in [0.3, 0.4) is 0 Å². The van der Waals surface area contributed by atoms with Crippen LogP contribution in [0.1, 0.15) is 30.1 Å². The van der Waals surface area contributed by atoms with Gasteiger partial charge < -0.3 is 0 Å². The SMILES string of the molecule is Fc1ccccc1Cn1nc(-c2n[nH]c(C3CC3)n2)c2cccnc21. The van der Waals surface area contributed by atoms with Crippen LogP contribution in [0, 0.1) is 5.82 Å². The van der Waals surface area contributed by atoms with E-state index in [1.165, 1.54) is 6.07 Å². The lowest BCUT2D eigenvalue weighted by Gasteiger charge is -2.04. The number of aromatic nitrogens is 6. The Balaban J connectivity index is 1.61. The summed E-state index contributed by atoms with van der Waals surface area (Å²) in [5.41, 5.74) is 1.93. The summed E-state index contributed by atoms with van der Waals surface area (Å²) in [5.74, 6) is 1.71. The van der Waals surface area contributed by atoms with E-state index in [0.29, 0.717) is 35.2 Å². The normalized spacial score (nSPS) is 14.3. The van der Waals surface area contributed by atoms with Gasteiger partial charge in [-0.1, -0.05) is 18.2 Å². The number of fused-ring (bicyclic) bond motifs is 1. The van der Waals surface area contributed by atoms with Crippen molar-refractivity contribution >= 4 is 11.0 Å². The highest BCUT2D eigenvalue weighted by Crippen LogP contribution is 2.38. The molecule has 0 radical (unpaired) electrons. The fourth-order valence-corrected chi connectivity index (χ4v) is 2.99. The molecule has 4 aromatic rings. The van der Waals surface area contributed by atoms with Gasteiger partial charge in [0.2, 0.25) is 5.82 Å². The van der Waals surface area contributed by atoms with Crippen molar-refractivity contribution in [3.8, 4) is 11.5 Å². The number of nitrogens with zero attached hydrogens (tertiary/aromatic N) is 5.